The van der Waals surface area contributed by atoms with E-state index >= 15 is 0 Å². The first-order valence-corrected chi connectivity index (χ1v) is 8.79. The van der Waals surface area contributed by atoms with Gasteiger partial charge in [-0.05, 0) is 35.9 Å². The van der Waals surface area contributed by atoms with Crippen LogP contribution in [0.25, 0.3) is 0 Å². The highest BCUT2D eigenvalue weighted by Gasteiger charge is 2.45. The Bertz CT molecular complexity index is 1140. The smallest absolute Gasteiger partial charge is 0.294 e. The van der Waals surface area contributed by atoms with Crippen LogP contribution >= 0.6 is 0 Å². The summed E-state index contributed by atoms with van der Waals surface area (Å²) in [5, 5.41) is 10.6. The number of pyridine rings is 1. The quantitative estimate of drug-likeness (QED) is 0.683. The van der Waals surface area contributed by atoms with Gasteiger partial charge in [-0.2, -0.15) is 0 Å². The van der Waals surface area contributed by atoms with Gasteiger partial charge >= 0.3 is 0 Å². The molecule has 1 atom stereocenters. The number of ether oxygens (including phenoxy) is 2. The van der Waals surface area contributed by atoms with E-state index in [2.05, 4.69) is 4.98 Å². The number of anilines is 1. The Morgan fingerprint density at radius 1 is 1.14 bits per heavy atom. The lowest BCUT2D eigenvalue weighted by atomic mass is 9.96. The first-order chi connectivity index (χ1) is 14.1. The van der Waals surface area contributed by atoms with Crippen LogP contribution in [0.5, 0.6) is 11.5 Å². The van der Waals surface area contributed by atoms with Crippen LogP contribution in [-0.2, 0) is 4.79 Å². The number of hydrogen-bond donors (Lipinski definition) is 1. The van der Waals surface area contributed by atoms with Crippen molar-refractivity contribution in [3.8, 4) is 11.5 Å². The number of aromatic nitrogens is 1. The highest BCUT2D eigenvalue weighted by molar-refractivity contribution is 6.20. The van der Waals surface area contributed by atoms with Crippen molar-refractivity contribution in [2.24, 2.45) is 0 Å². The first-order valence-electron chi connectivity index (χ1n) is 8.79. The second kappa shape index (κ2) is 6.52. The molecule has 0 bridgehead atoms. The van der Waals surface area contributed by atoms with Gasteiger partial charge in [-0.25, -0.2) is 0 Å². The van der Waals surface area contributed by atoms with Gasteiger partial charge in [0.1, 0.15) is 0 Å². The number of hydrogen-bond acceptors (Lipinski definition) is 7. The highest BCUT2D eigenvalue weighted by atomic mass is 16.7. The van der Waals surface area contributed by atoms with Crippen LogP contribution in [0.2, 0.25) is 0 Å². The minimum atomic E-state index is -0.880. The number of aliphatic hydroxyl groups is 1. The molecule has 0 spiro atoms. The van der Waals surface area contributed by atoms with Crippen molar-refractivity contribution in [3.63, 3.8) is 0 Å². The van der Waals surface area contributed by atoms with Gasteiger partial charge in [0.15, 0.2) is 23.0 Å². The van der Waals surface area contributed by atoms with Gasteiger partial charge in [-0.15, -0.1) is 0 Å². The van der Waals surface area contributed by atoms with E-state index in [0.29, 0.717) is 22.7 Å². The maximum Gasteiger partial charge on any atom is 0.294 e. The number of Topliss-reactive ketones (excluding diaryl/α,β-unsaturated/α-hetero) is 1. The highest BCUT2D eigenvalue weighted by Crippen LogP contribution is 2.44. The van der Waals surface area contributed by atoms with Crippen LogP contribution in [0.15, 0.2) is 76.9 Å². The Morgan fingerprint density at radius 2 is 2.00 bits per heavy atom. The fourth-order valence-corrected chi connectivity index (χ4v) is 3.53. The number of aliphatic hydroxyl groups excluding tert-OH is 1. The van der Waals surface area contributed by atoms with Crippen LogP contribution in [0.1, 0.15) is 22.2 Å². The summed E-state index contributed by atoms with van der Waals surface area (Å²) in [5.41, 5.74) is 0.940. The summed E-state index contributed by atoms with van der Waals surface area (Å²) in [6.45, 7) is 0.0878. The molecular formula is C21H14N2O6. The molecule has 1 aromatic carbocycles. The fraction of sp³-hybridized carbons (Fsp3) is 0.0952. The van der Waals surface area contributed by atoms with E-state index in [1.165, 1.54) is 17.2 Å². The molecule has 0 saturated heterocycles. The normalized spacial score (nSPS) is 17.9. The zero-order valence-corrected chi connectivity index (χ0v) is 14.9. The number of carbonyl (C=O) groups excluding carboxylic acids is 2. The van der Waals surface area contributed by atoms with E-state index in [9.17, 15) is 14.7 Å². The lowest BCUT2D eigenvalue weighted by Crippen LogP contribution is -2.31. The average molecular weight is 390 g/mol. The molecular weight excluding hydrogens is 376 g/mol. The van der Waals surface area contributed by atoms with Crippen LogP contribution in [0.4, 0.5) is 5.69 Å². The Kier molecular flexibility index (Phi) is 3.83. The maximum atomic E-state index is 13.1. The number of fused-ring (bicyclic) bond motifs is 1. The third kappa shape index (κ3) is 2.65. The van der Waals surface area contributed by atoms with E-state index in [4.69, 9.17) is 13.9 Å². The van der Waals surface area contributed by atoms with Gasteiger partial charge in [0.25, 0.3) is 5.91 Å². The molecule has 2 aliphatic heterocycles. The lowest BCUT2D eigenvalue weighted by Gasteiger charge is -2.26. The monoisotopic (exact) mass is 390 g/mol. The van der Waals surface area contributed by atoms with E-state index in [1.54, 1.807) is 48.8 Å². The molecule has 4 heterocycles. The molecule has 0 fully saturated rings. The van der Waals surface area contributed by atoms with Crippen LogP contribution in [0.3, 0.4) is 0 Å². The van der Waals surface area contributed by atoms with Crippen molar-refractivity contribution in [1.82, 2.24) is 4.98 Å². The van der Waals surface area contributed by atoms with Crippen LogP contribution in [-0.4, -0.2) is 28.6 Å². The first kappa shape index (κ1) is 17.1. The van der Waals surface area contributed by atoms with Crippen molar-refractivity contribution in [3.05, 3.63) is 83.8 Å². The predicted octanol–water partition coefficient (Wildman–Crippen LogP) is 3.19. The molecule has 3 aromatic rings. The summed E-state index contributed by atoms with van der Waals surface area (Å²) < 4.78 is 15.9. The number of nitrogens with zero attached hydrogens (tertiary/aromatic N) is 2. The SMILES string of the molecule is O=C(C1=C(O)C(=O)N(c2ccc3c(c2)OCO3)C1c1cccnc1)c1ccco1. The predicted molar refractivity (Wildman–Crippen MR) is 99.7 cm³/mol. The van der Waals surface area contributed by atoms with Gasteiger partial charge in [0.05, 0.1) is 17.9 Å². The third-order valence-corrected chi connectivity index (χ3v) is 4.83. The number of rotatable bonds is 4. The summed E-state index contributed by atoms with van der Waals surface area (Å²) in [5.74, 6) is -0.836. The molecule has 1 amide bonds. The van der Waals surface area contributed by atoms with Crippen molar-refractivity contribution < 1.29 is 28.6 Å². The molecule has 2 aliphatic rings. The molecule has 8 heteroatoms. The van der Waals surface area contributed by atoms with E-state index in [-0.39, 0.29) is 18.1 Å². The molecule has 8 nitrogen and oxygen atoms in total. The molecule has 2 aromatic heterocycles. The van der Waals surface area contributed by atoms with Gasteiger partial charge in [-0.1, -0.05) is 6.07 Å². The van der Waals surface area contributed by atoms with Crippen LogP contribution in [0, 0.1) is 0 Å². The molecule has 0 aliphatic carbocycles. The van der Waals surface area contributed by atoms with Crippen molar-refractivity contribution in [2.75, 3.05) is 11.7 Å². The Labute approximate surface area is 164 Å². The van der Waals surface area contributed by atoms with Gasteiger partial charge in [0, 0.05) is 24.1 Å². The standard InChI is InChI=1S/C21H14N2O6/c24-19(15-4-2-8-27-15)17-18(12-3-1-7-22-10-12)23(21(26)20(17)25)13-5-6-14-16(9-13)29-11-28-14/h1-10,18,25H,11H2. The topological polar surface area (TPSA) is 102 Å². The van der Waals surface area contributed by atoms with E-state index in [0.717, 1.165) is 0 Å². The summed E-state index contributed by atoms with van der Waals surface area (Å²) in [6.07, 6.45) is 4.49. The Hall–Kier alpha value is -4.07. The second-order valence-electron chi connectivity index (χ2n) is 6.47. The van der Waals surface area contributed by atoms with E-state index in [1.807, 2.05) is 0 Å². The van der Waals surface area contributed by atoms with Crippen molar-refractivity contribution >= 4 is 17.4 Å². The summed E-state index contributed by atoms with van der Waals surface area (Å²) in [4.78, 5) is 31.5. The fourth-order valence-electron chi connectivity index (χ4n) is 3.53. The van der Waals surface area contributed by atoms with Gasteiger partial charge < -0.3 is 19.0 Å². The number of furan rings is 1. The lowest BCUT2D eigenvalue weighted by molar-refractivity contribution is -0.117. The number of benzene rings is 1. The minimum absolute atomic E-state index is 0.0285. The average Bonchev–Trinajstić information content (AvgIpc) is 3.48. The van der Waals surface area contributed by atoms with Crippen molar-refractivity contribution in [2.45, 2.75) is 6.04 Å². The number of carbonyl (C=O) groups is 2. The minimum Gasteiger partial charge on any atom is -0.503 e. The zero-order valence-electron chi connectivity index (χ0n) is 14.9. The third-order valence-electron chi connectivity index (χ3n) is 4.83. The molecule has 0 radical (unpaired) electrons. The maximum absolute atomic E-state index is 13.1. The largest absolute Gasteiger partial charge is 0.503 e. The molecule has 5 rings (SSSR count). The second-order valence-corrected chi connectivity index (χ2v) is 6.47. The molecule has 29 heavy (non-hydrogen) atoms. The molecule has 0 saturated carbocycles. The van der Waals surface area contributed by atoms with E-state index < -0.39 is 23.5 Å². The zero-order chi connectivity index (χ0) is 20.0. The molecule has 1 unspecified atom stereocenters. The molecule has 1 N–H and O–H groups in total. The van der Waals surface area contributed by atoms with Gasteiger partial charge in [0.2, 0.25) is 12.6 Å². The number of ketones is 1. The summed E-state index contributed by atoms with van der Waals surface area (Å²) in [6, 6.07) is 10.6. The summed E-state index contributed by atoms with van der Waals surface area (Å²) in [7, 11) is 0. The van der Waals surface area contributed by atoms with Crippen LogP contribution < -0.4 is 14.4 Å². The number of amides is 1. The Morgan fingerprint density at radius 3 is 2.76 bits per heavy atom. The van der Waals surface area contributed by atoms with Crippen molar-refractivity contribution in [1.29, 1.82) is 0 Å². The Balaban J connectivity index is 1.65. The summed E-state index contributed by atoms with van der Waals surface area (Å²) >= 11 is 0. The molecule has 144 valence electrons. The van der Waals surface area contributed by atoms with Gasteiger partial charge in [-0.3, -0.25) is 19.5 Å².